The molecule has 0 saturated carbocycles. The lowest BCUT2D eigenvalue weighted by atomic mass is 10.1. The van der Waals surface area contributed by atoms with Crippen LogP contribution in [0.15, 0.2) is 46.9 Å². The fourth-order valence-corrected chi connectivity index (χ4v) is 2.95. The molecule has 0 fully saturated rings. The molecule has 2 rings (SSSR count). The third kappa shape index (κ3) is 5.04. The Labute approximate surface area is 156 Å². The molecular formula is C17H15BrINO3. The summed E-state index contributed by atoms with van der Waals surface area (Å²) in [4.78, 5) is 23.6. The normalized spacial score (nSPS) is 10.2. The molecule has 1 amide bonds. The van der Waals surface area contributed by atoms with Crippen molar-refractivity contribution >= 4 is 50.4 Å². The lowest BCUT2D eigenvalue weighted by Gasteiger charge is -2.08. The Hall–Kier alpha value is -1.41. The van der Waals surface area contributed by atoms with Crippen LogP contribution < -0.4 is 5.32 Å². The lowest BCUT2D eigenvalue weighted by Crippen LogP contribution is -2.26. The zero-order chi connectivity index (χ0) is 16.8. The standard InChI is InChI=1S/C17H15BrINO3/c1-23-17(22)12-4-2-11(3-5-12)8-9-20-16(21)14-10-13(18)6-7-15(14)19/h2-7,10H,8-9H2,1H3,(H,20,21). The molecule has 0 bridgehead atoms. The van der Waals surface area contributed by atoms with Gasteiger partial charge < -0.3 is 10.1 Å². The quantitative estimate of drug-likeness (QED) is 0.515. The van der Waals surface area contributed by atoms with E-state index < -0.39 is 0 Å². The molecule has 0 unspecified atom stereocenters. The van der Waals surface area contributed by atoms with Gasteiger partial charge in [0.15, 0.2) is 0 Å². The molecule has 2 aromatic rings. The molecule has 1 N–H and O–H groups in total. The SMILES string of the molecule is COC(=O)c1ccc(CCNC(=O)c2cc(Br)ccc2I)cc1. The smallest absolute Gasteiger partial charge is 0.337 e. The summed E-state index contributed by atoms with van der Waals surface area (Å²) in [6.45, 7) is 0.527. The van der Waals surface area contributed by atoms with E-state index in [9.17, 15) is 9.59 Å². The molecule has 0 aliphatic heterocycles. The Balaban J connectivity index is 1.90. The number of benzene rings is 2. The van der Waals surface area contributed by atoms with Crippen LogP contribution in [0.4, 0.5) is 0 Å². The molecule has 0 spiro atoms. The summed E-state index contributed by atoms with van der Waals surface area (Å²) in [6.07, 6.45) is 0.692. The van der Waals surface area contributed by atoms with Crippen LogP contribution in [-0.2, 0) is 11.2 Å². The van der Waals surface area contributed by atoms with Gasteiger partial charge in [-0.3, -0.25) is 4.79 Å². The average Bonchev–Trinajstić information content (AvgIpc) is 2.56. The van der Waals surface area contributed by atoms with Gasteiger partial charge in [0.1, 0.15) is 0 Å². The summed E-state index contributed by atoms with van der Waals surface area (Å²) in [6, 6.07) is 12.8. The topological polar surface area (TPSA) is 55.4 Å². The maximum atomic E-state index is 12.2. The number of carbonyl (C=O) groups excluding carboxylic acids is 2. The van der Waals surface area contributed by atoms with E-state index in [2.05, 4.69) is 48.6 Å². The Morgan fingerprint density at radius 2 is 1.87 bits per heavy atom. The number of ether oxygens (including phenoxy) is 1. The van der Waals surface area contributed by atoms with Crippen molar-refractivity contribution in [3.8, 4) is 0 Å². The van der Waals surface area contributed by atoms with Gasteiger partial charge in [-0.2, -0.15) is 0 Å². The number of hydrogen-bond acceptors (Lipinski definition) is 3. The maximum Gasteiger partial charge on any atom is 0.337 e. The number of rotatable bonds is 5. The van der Waals surface area contributed by atoms with Crippen LogP contribution in [0.25, 0.3) is 0 Å². The summed E-state index contributed by atoms with van der Waals surface area (Å²) < 4.78 is 6.44. The second-order valence-electron chi connectivity index (χ2n) is 4.82. The molecule has 0 heterocycles. The summed E-state index contributed by atoms with van der Waals surface area (Å²) in [5, 5.41) is 2.91. The largest absolute Gasteiger partial charge is 0.465 e. The molecule has 0 atom stereocenters. The fraction of sp³-hybridized carbons (Fsp3) is 0.176. The minimum Gasteiger partial charge on any atom is -0.465 e. The Bertz CT molecular complexity index is 716. The average molecular weight is 488 g/mol. The third-order valence-electron chi connectivity index (χ3n) is 3.25. The first kappa shape index (κ1) is 17.9. The van der Waals surface area contributed by atoms with Crippen molar-refractivity contribution in [3.63, 3.8) is 0 Å². The number of hydrogen-bond donors (Lipinski definition) is 1. The van der Waals surface area contributed by atoms with Crippen LogP contribution in [0.3, 0.4) is 0 Å². The van der Waals surface area contributed by atoms with Crippen LogP contribution in [0.5, 0.6) is 0 Å². The number of carbonyl (C=O) groups is 2. The molecule has 6 heteroatoms. The highest BCUT2D eigenvalue weighted by atomic mass is 127. The van der Waals surface area contributed by atoms with E-state index in [4.69, 9.17) is 0 Å². The summed E-state index contributed by atoms with van der Waals surface area (Å²) in [7, 11) is 1.36. The summed E-state index contributed by atoms with van der Waals surface area (Å²) >= 11 is 5.52. The number of methoxy groups -OCH3 is 1. The number of esters is 1. The molecule has 2 aromatic carbocycles. The molecule has 23 heavy (non-hydrogen) atoms. The van der Waals surface area contributed by atoms with Gasteiger partial charge in [-0.15, -0.1) is 0 Å². The van der Waals surface area contributed by atoms with Crippen LogP contribution in [0, 0.1) is 3.57 Å². The Kier molecular flexibility index (Phi) is 6.59. The van der Waals surface area contributed by atoms with Crippen molar-refractivity contribution in [2.75, 3.05) is 13.7 Å². The zero-order valence-electron chi connectivity index (χ0n) is 12.4. The van der Waals surface area contributed by atoms with Crippen molar-refractivity contribution in [3.05, 3.63) is 67.2 Å². The number of halogens is 2. The van der Waals surface area contributed by atoms with E-state index in [0.717, 1.165) is 13.6 Å². The summed E-state index contributed by atoms with van der Waals surface area (Å²) in [5.74, 6) is -0.448. The van der Waals surface area contributed by atoms with Gasteiger partial charge in [-0.1, -0.05) is 28.1 Å². The van der Waals surface area contributed by atoms with Crippen LogP contribution in [-0.4, -0.2) is 25.5 Å². The van der Waals surface area contributed by atoms with Crippen molar-refractivity contribution in [2.45, 2.75) is 6.42 Å². The lowest BCUT2D eigenvalue weighted by molar-refractivity contribution is 0.0600. The van der Waals surface area contributed by atoms with E-state index in [1.165, 1.54) is 7.11 Å². The second-order valence-corrected chi connectivity index (χ2v) is 6.90. The van der Waals surface area contributed by atoms with E-state index >= 15 is 0 Å². The fourth-order valence-electron chi connectivity index (χ4n) is 2.01. The van der Waals surface area contributed by atoms with Crippen molar-refractivity contribution in [1.29, 1.82) is 0 Å². The van der Waals surface area contributed by atoms with Crippen molar-refractivity contribution in [1.82, 2.24) is 5.32 Å². The molecule has 0 aromatic heterocycles. The minimum atomic E-state index is -0.353. The molecule has 4 nitrogen and oxygen atoms in total. The molecule has 120 valence electrons. The van der Waals surface area contributed by atoms with Crippen molar-refractivity contribution < 1.29 is 14.3 Å². The van der Waals surface area contributed by atoms with Crippen molar-refractivity contribution in [2.24, 2.45) is 0 Å². The molecular weight excluding hydrogens is 473 g/mol. The predicted octanol–water partition coefficient (Wildman–Crippen LogP) is 3.81. The minimum absolute atomic E-state index is 0.0955. The Morgan fingerprint density at radius 3 is 2.52 bits per heavy atom. The summed E-state index contributed by atoms with van der Waals surface area (Å²) in [5.41, 5.74) is 2.21. The van der Waals surface area contributed by atoms with Gasteiger partial charge in [0.05, 0.1) is 18.2 Å². The third-order valence-corrected chi connectivity index (χ3v) is 4.68. The van der Waals surface area contributed by atoms with Gasteiger partial charge in [0.25, 0.3) is 5.91 Å². The molecule has 0 aliphatic rings. The predicted molar refractivity (Wildman–Crippen MR) is 101 cm³/mol. The van der Waals surface area contributed by atoms with Gasteiger partial charge in [-0.25, -0.2) is 4.79 Å². The van der Waals surface area contributed by atoms with Crippen LogP contribution in [0.2, 0.25) is 0 Å². The highest BCUT2D eigenvalue weighted by molar-refractivity contribution is 14.1. The number of nitrogens with one attached hydrogen (secondary N) is 1. The van der Waals surface area contributed by atoms with E-state index in [-0.39, 0.29) is 11.9 Å². The highest BCUT2D eigenvalue weighted by Crippen LogP contribution is 2.18. The monoisotopic (exact) mass is 487 g/mol. The molecule has 0 radical (unpaired) electrons. The van der Waals surface area contributed by atoms with Crippen LogP contribution in [0.1, 0.15) is 26.3 Å². The second kappa shape index (κ2) is 8.44. The van der Waals surface area contributed by atoms with Gasteiger partial charge >= 0.3 is 5.97 Å². The first-order chi connectivity index (χ1) is 11.0. The molecule has 0 saturated heterocycles. The highest BCUT2D eigenvalue weighted by Gasteiger charge is 2.10. The maximum absolute atomic E-state index is 12.2. The van der Waals surface area contributed by atoms with E-state index in [1.54, 1.807) is 12.1 Å². The number of amides is 1. The van der Waals surface area contributed by atoms with Gasteiger partial charge in [0, 0.05) is 14.6 Å². The Morgan fingerprint density at radius 1 is 1.17 bits per heavy atom. The van der Waals surface area contributed by atoms with E-state index in [0.29, 0.717) is 24.1 Å². The van der Waals surface area contributed by atoms with Gasteiger partial charge in [-0.05, 0) is 64.9 Å². The zero-order valence-corrected chi connectivity index (χ0v) is 16.2. The van der Waals surface area contributed by atoms with Gasteiger partial charge in [0.2, 0.25) is 0 Å². The first-order valence-electron chi connectivity index (χ1n) is 6.92. The molecule has 0 aliphatic carbocycles. The van der Waals surface area contributed by atoms with Crippen LogP contribution >= 0.6 is 38.5 Å². The van der Waals surface area contributed by atoms with E-state index in [1.807, 2.05) is 30.3 Å². The first-order valence-corrected chi connectivity index (χ1v) is 8.79.